The molecule has 2 fully saturated rings. The van der Waals surface area contributed by atoms with Gasteiger partial charge in [0.05, 0.1) is 6.04 Å². The summed E-state index contributed by atoms with van der Waals surface area (Å²) >= 11 is 0. The van der Waals surface area contributed by atoms with Crippen molar-refractivity contribution in [2.75, 3.05) is 6.54 Å². The van der Waals surface area contributed by atoms with Crippen LogP contribution in [0.15, 0.2) is 0 Å². The third-order valence-corrected chi connectivity index (χ3v) is 2.18. The highest BCUT2D eigenvalue weighted by Gasteiger charge is 2.37. The van der Waals surface area contributed by atoms with Gasteiger partial charge in [0.15, 0.2) is 5.78 Å². The molecular weight excluding hydrogens is 150 g/mol. The molecule has 10 heavy (non-hydrogen) atoms. The molecule has 1 heterocycles. The second kappa shape index (κ2) is 2.89. The molecule has 2 nitrogen and oxygen atoms in total. The third kappa shape index (κ3) is 1.32. The first-order chi connectivity index (χ1) is 4.38. The molecule has 0 aromatic heterocycles. The first kappa shape index (κ1) is 8.02. The molecule has 2 aliphatic rings. The lowest BCUT2D eigenvalue weighted by molar-refractivity contribution is -0.119. The summed E-state index contributed by atoms with van der Waals surface area (Å²) in [7, 11) is 0. The molecule has 0 aromatic rings. The van der Waals surface area contributed by atoms with Gasteiger partial charge in [-0.15, -0.1) is 12.4 Å². The van der Waals surface area contributed by atoms with E-state index < -0.39 is 0 Å². The predicted molar refractivity (Wildman–Crippen MR) is 41.4 cm³/mol. The van der Waals surface area contributed by atoms with E-state index in [-0.39, 0.29) is 18.4 Å². The number of Topliss-reactive ketones (excluding diaryl/α,β-unsaturated/α-hetero) is 1. The molecule has 1 N–H and O–H groups in total. The van der Waals surface area contributed by atoms with Gasteiger partial charge in [0.25, 0.3) is 0 Å². The first-order valence-corrected chi connectivity index (χ1v) is 3.64. The Morgan fingerprint density at radius 3 is 2.50 bits per heavy atom. The van der Waals surface area contributed by atoms with Gasteiger partial charge in [-0.1, -0.05) is 0 Å². The quantitative estimate of drug-likeness (QED) is 0.615. The average molecular weight is 162 g/mol. The van der Waals surface area contributed by atoms with Gasteiger partial charge in [-0.2, -0.15) is 0 Å². The van der Waals surface area contributed by atoms with E-state index in [1.807, 2.05) is 0 Å². The molecular formula is C7H12ClNO. The van der Waals surface area contributed by atoms with Crippen molar-refractivity contribution in [2.45, 2.75) is 25.3 Å². The maximum Gasteiger partial charge on any atom is 0.151 e. The highest BCUT2D eigenvalue weighted by Crippen LogP contribution is 2.34. The van der Waals surface area contributed by atoms with Crippen molar-refractivity contribution in [3.05, 3.63) is 0 Å². The van der Waals surface area contributed by atoms with E-state index in [0.29, 0.717) is 11.7 Å². The predicted octanol–water partition coefficient (Wildman–Crippen LogP) is 0.749. The molecule has 0 aromatic carbocycles. The zero-order valence-electron chi connectivity index (χ0n) is 5.80. The minimum atomic E-state index is 0. The number of rotatable bonds is 1. The van der Waals surface area contributed by atoms with Crippen LogP contribution in [0.2, 0.25) is 0 Å². The fraction of sp³-hybridized carbons (Fsp3) is 0.857. The molecule has 0 spiro atoms. The van der Waals surface area contributed by atoms with Crippen LogP contribution in [0.1, 0.15) is 19.3 Å². The smallest absolute Gasteiger partial charge is 0.151 e. The molecule has 3 heteroatoms. The number of nitrogens with one attached hydrogen (secondary N) is 1. The highest BCUT2D eigenvalue weighted by atomic mass is 35.5. The van der Waals surface area contributed by atoms with Gasteiger partial charge < -0.3 is 5.32 Å². The minimum Gasteiger partial charge on any atom is -0.307 e. The van der Waals surface area contributed by atoms with Crippen LogP contribution in [0.5, 0.6) is 0 Å². The molecule has 1 saturated heterocycles. The summed E-state index contributed by atoms with van der Waals surface area (Å²) in [6.07, 6.45) is 3.30. The van der Waals surface area contributed by atoms with E-state index in [1.165, 1.54) is 12.8 Å². The summed E-state index contributed by atoms with van der Waals surface area (Å²) in [5.74, 6) is 1.15. The van der Waals surface area contributed by atoms with Gasteiger partial charge in [-0.25, -0.2) is 0 Å². The molecule has 58 valence electrons. The van der Waals surface area contributed by atoms with Gasteiger partial charge in [0, 0.05) is 13.0 Å². The Morgan fingerprint density at radius 2 is 2.10 bits per heavy atom. The maximum absolute atomic E-state index is 11.0. The van der Waals surface area contributed by atoms with Gasteiger partial charge in [-0.05, 0) is 18.8 Å². The van der Waals surface area contributed by atoms with Gasteiger partial charge in [0.2, 0.25) is 0 Å². The molecule has 1 aliphatic carbocycles. The molecule has 0 amide bonds. The summed E-state index contributed by atoms with van der Waals surface area (Å²) < 4.78 is 0. The van der Waals surface area contributed by atoms with E-state index in [2.05, 4.69) is 5.32 Å². The van der Waals surface area contributed by atoms with Crippen molar-refractivity contribution in [1.29, 1.82) is 0 Å². The molecule has 1 unspecified atom stereocenters. The van der Waals surface area contributed by atoms with Gasteiger partial charge in [-0.3, -0.25) is 4.79 Å². The van der Waals surface area contributed by atoms with Crippen LogP contribution in [0.4, 0.5) is 0 Å². The number of carbonyl (C=O) groups is 1. The fourth-order valence-corrected chi connectivity index (χ4v) is 1.48. The molecule has 1 atom stereocenters. The van der Waals surface area contributed by atoms with Crippen LogP contribution in [-0.4, -0.2) is 18.4 Å². The zero-order valence-corrected chi connectivity index (χ0v) is 6.62. The molecule has 0 bridgehead atoms. The lowest BCUT2D eigenvalue weighted by atomic mass is 10.1. The SMILES string of the molecule is Cl.O=C1CCNC1C1CC1. The summed E-state index contributed by atoms with van der Waals surface area (Å²) in [6, 6.07) is 0.255. The summed E-state index contributed by atoms with van der Waals surface area (Å²) in [5.41, 5.74) is 0. The Hall–Kier alpha value is -0.0800. The lowest BCUT2D eigenvalue weighted by Crippen LogP contribution is -2.28. The number of halogens is 1. The van der Waals surface area contributed by atoms with Crippen LogP contribution < -0.4 is 5.32 Å². The summed E-state index contributed by atoms with van der Waals surface area (Å²) in [4.78, 5) is 11.0. The van der Waals surface area contributed by atoms with Crippen molar-refractivity contribution >= 4 is 18.2 Å². The summed E-state index contributed by atoms with van der Waals surface area (Å²) in [6.45, 7) is 0.917. The normalized spacial score (nSPS) is 32.0. The van der Waals surface area contributed by atoms with Crippen molar-refractivity contribution in [1.82, 2.24) is 5.32 Å². The standard InChI is InChI=1S/C7H11NO.ClH/c9-6-3-4-8-7(6)5-1-2-5;/h5,7-8H,1-4H2;1H. The van der Waals surface area contributed by atoms with Crippen molar-refractivity contribution < 1.29 is 4.79 Å². The van der Waals surface area contributed by atoms with Crippen LogP contribution in [0.25, 0.3) is 0 Å². The van der Waals surface area contributed by atoms with Crippen molar-refractivity contribution in [3.8, 4) is 0 Å². The molecule has 0 radical (unpaired) electrons. The van der Waals surface area contributed by atoms with Crippen molar-refractivity contribution in [2.24, 2.45) is 5.92 Å². The van der Waals surface area contributed by atoms with Crippen molar-refractivity contribution in [3.63, 3.8) is 0 Å². The monoisotopic (exact) mass is 161 g/mol. The number of carbonyl (C=O) groups excluding carboxylic acids is 1. The second-order valence-electron chi connectivity index (χ2n) is 2.99. The van der Waals surface area contributed by atoms with Gasteiger partial charge in [0.1, 0.15) is 0 Å². The van der Waals surface area contributed by atoms with E-state index in [0.717, 1.165) is 13.0 Å². The molecule has 1 aliphatic heterocycles. The van der Waals surface area contributed by atoms with E-state index >= 15 is 0 Å². The maximum atomic E-state index is 11.0. The van der Waals surface area contributed by atoms with E-state index in [9.17, 15) is 4.79 Å². The topological polar surface area (TPSA) is 29.1 Å². The molecule has 2 rings (SSSR count). The van der Waals surface area contributed by atoms with Crippen LogP contribution in [0.3, 0.4) is 0 Å². The molecule has 1 saturated carbocycles. The Bertz CT molecular complexity index is 145. The van der Waals surface area contributed by atoms with Crippen LogP contribution in [0, 0.1) is 5.92 Å². The Morgan fingerprint density at radius 1 is 1.40 bits per heavy atom. The lowest BCUT2D eigenvalue weighted by Gasteiger charge is -2.03. The average Bonchev–Trinajstić information content (AvgIpc) is 2.58. The number of hydrogen-bond donors (Lipinski definition) is 1. The highest BCUT2D eigenvalue weighted by molar-refractivity contribution is 5.86. The number of ketones is 1. The van der Waals surface area contributed by atoms with E-state index in [4.69, 9.17) is 0 Å². The Labute approximate surface area is 66.8 Å². The summed E-state index contributed by atoms with van der Waals surface area (Å²) in [5, 5.41) is 3.22. The first-order valence-electron chi connectivity index (χ1n) is 3.64. The Kier molecular flexibility index (Phi) is 2.32. The second-order valence-corrected chi connectivity index (χ2v) is 2.99. The van der Waals surface area contributed by atoms with Crippen LogP contribution in [-0.2, 0) is 4.79 Å². The van der Waals surface area contributed by atoms with Crippen LogP contribution >= 0.6 is 12.4 Å². The third-order valence-electron chi connectivity index (χ3n) is 2.18. The van der Waals surface area contributed by atoms with E-state index in [1.54, 1.807) is 0 Å². The zero-order chi connectivity index (χ0) is 6.27. The van der Waals surface area contributed by atoms with Gasteiger partial charge >= 0.3 is 0 Å². The fourth-order valence-electron chi connectivity index (χ4n) is 1.48. The largest absolute Gasteiger partial charge is 0.307 e. The number of hydrogen-bond acceptors (Lipinski definition) is 2. The Balaban J connectivity index is 0.000000500. The minimum absolute atomic E-state index is 0.